The highest BCUT2D eigenvalue weighted by molar-refractivity contribution is 7.97. The number of aryl methyl sites for hydroxylation is 2. The number of hydrogen-bond donors (Lipinski definition) is 2. The van der Waals surface area contributed by atoms with Gasteiger partial charge in [0, 0.05) is 17.0 Å². The molecule has 0 spiro atoms. The molecule has 4 rings (SSSR count). The lowest BCUT2D eigenvalue weighted by atomic mass is 10.1. The largest absolute Gasteiger partial charge is 0.493 e. The van der Waals surface area contributed by atoms with Gasteiger partial charge in [-0.25, -0.2) is 4.98 Å². The van der Waals surface area contributed by atoms with Crippen LogP contribution in [0.1, 0.15) is 17.1 Å². The first kappa shape index (κ1) is 21.0. The first-order chi connectivity index (χ1) is 15.0. The molecule has 0 fully saturated rings. The van der Waals surface area contributed by atoms with Crippen LogP contribution >= 0.6 is 11.9 Å². The third-order valence-electron chi connectivity index (χ3n) is 4.95. The molecule has 4 aromatic rings. The predicted molar refractivity (Wildman–Crippen MR) is 123 cm³/mol. The molecule has 3 N–H and O–H groups in total. The van der Waals surface area contributed by atoms with Crippen molar-refractivity contribution in [3.63, 3.8) is 0 Å². The minimum Gasteiger partial charge on any atom is -0.493 e. The maximum atomic E-state index is 5.60. The number of fused-ring (bicyclic) bond motifs is 1. The van der Waals surface area contributed by atoms with Crippen molar-refractivity contribution in [1.29, 1.82) is 0 Å². The first-order valence-electron chi connectivity index (χ1n) is 9.70. The highest BCUT2D eigenvalue weighted by atomic mass is 32.2. The summed E-state index contributed by atoms with van der Waals surface area (Å²) in [7, 11) is 3.24. The van der Waals surface area contributed by atoms with Gasteiger partial charge in [0.15, 0.2) is 17.1 Å². The van der Waals surface area contributed by atoms with Gasteiger partial charge in [0.25, 0.3) is 0 Å². The molecule has 0 atom stereocenters. The van der Waals surface area contributed by atoms with Gasteiger partial charge < -0.3 is 14.8 Å². The van der Waals surface area contributed by atoms with Crippen LogP contribution in [0.5, 0.6) is 11.5 Å². The van der Waals surface area contributed by atoms with Gasteiger partial charge in [0.2, 0.25) is 5.95 Å². The molecule has 2 aromatic carbocycles. The summed E-state index contributed by atoms with van der Waals surface area (Å²) in [5.41, 5.74) is 4.57. The number of nitrogens with two attached hydrogens (primary N) is 1. The first-order valence-corrected chi connectivity index (χ1v) is 10.6. The zero-order valence-corrected chi connectivity index (χ0v) is 18.7. The van der Waals surface area contributed by atoms with Crippen molar-refractivity contribution in [1.82, 2.24) is 19.6 Å². The van der Waals surface area contributed by atoms with Gasteiger partial charge in [0.1, 0.15) is 5.82 Å². The van der Waals surface area contributed by atoms with Gasteiger partial charge in [0.05, 0.1) is 19.9 Å². The number of nitrogens with one attached hydrogen (secondary N) is 1. The molecule has 0 bridgehead atoms. The quantitative estimate of drug-likeness (QED) is 0.419. The third kappa shape index (κ3) is 4.14. The Balaban J connectivity index is 1.73. The van der Waals surface area contributed by atoms with E-state index in [1.54, 1.807) is 18.7 Å². The lowest BCUT2D eigenvalue weighted by Crippen LogP contribution is -2.09. The zero-order chi connectivity index (χ0) is 22.0. The lowest BCUT2D eigenvalue weighted by molar-refractivity contribution is 0.355. The average molecular weight is 437 g/mol. The highest BCUT2D eigenvalue weighted by Crippen LogP contribution is 2.35. The van der Waals surface area contributed by atoms with Crippen LogP contribution in [-0.2, 0) is 6.54 Å². The number of rotatable bonds is 7. The van der Waals surface area contributed by atoms with Crippen molar-refractivity contribution in [2.24, 2.45) is 5.14 Å². The smallest absolute Gasteiger partial charge is 0.227 e. The van der Waals surface area contributed by atoms with E-state index in [-0.39, 0.29) is 0 Å². The molecule has 31 heavy (non-hydrogen) atoms. The SMILES string of the molecule is COc1ccc(-c2c(C)nn3c(NCc4ccc(SN)cc4)nc(C)nc23)cc1OC. The van der Waals surface area contributed by atoms with Crippen LogP contribution in [0.4, 0.5) is 5.95 Å². The summed E-state index contributed by atoms with van der Waals surface area (Å²) in [5, 5.41) is 13.7. The summed E-state index contributed by atoms with van der Waals surface area (Å²) in [6, 6.07) is 13.9. The van der Waals surface area contributed by atoms with Crippen molar-refractivity contribution in [3.8, 4) is 22.6 Å². The second-order valence-corrected chi connectivity index (χ2v) is 7.68. The van der Waals surface area contributed by atoms with Crippen molar-refractivity contribution in [2.75, 3.05) is 19.5 Å². The molecule has 8 nitrogen and oxygen atoms in total. The topological polar surface area (TPSA) is 99.6 Å². The molecule has 0 aliphatic carbocycles. The Bertz CT molecular complexity index is 1220. The number of methoxy groups -OCH3 is 2. The van der Waals surface area contributed by atoms with Gasteiger partial charge >= 0.3 is 0 Å². The van der Waals surface area contributed by atoms with Crippen molar-refractivity contribution < 1.29 is 9.47 Å². The molecular formula is C22H24N6O2S. The Hall–Kier alpha value is -3.30. The highest BCUT2D eigenvalue weighted by Gasteiger charge is 2.18. The number of nitrogens with zero attached hydrogens (tertiary/aromatic N) is 4. The Labute approximate surface area is 184 Å². The minimum atomic E-state index is 0.603. The van der Waals surface area contributed by atoms with Crippen LogP contribution in [0.25, 0.3) is 16.8 Å². The van der Waals surface area contributed by atoms with Gasteiger partial charge in [-0.3, -0.25) is 5.14 Å². The molecule has 0 unspecified atom stereocenters. The van der Waals surface area contributed by atoms with Crippen LogP contribution < -0.4 is 19.9 Å². The number of hydrogen-bond acceptors (Lipinski definition) is 8. The summed E-state index contributed by atoms with van der Waals surface area (Å²) in [4.78, 5) is 10.3. The number of anilines is 1. The molecule has 9 heteroatoms. The fraction of sp³-hybridized carbons (Fsp3) is 0.227. The minimum absolute atomic E-state index is 0.603. The molecule has 2 heterocycles. The van der Waals surface area contributed by atoms with Crippen molar-refractivity contribution in [3.05, 3.63) is 59.5 Å². The second-order valence-electron chi connectivity index (χ2n) is 6.98. The van der Waals surface area contributed by atoms with Crippen LogP contribution in [-0.4, -0.2) is 33.8 Å². The van der Waals surface area contributed by atoms with Crippen molar-refractivity contribution in [2.45, 2.75) is 25.3 Å². The van der Waals surface area contributed by atoms with E-state index in [2.05, 4.69) is 15.3 Å². The van der Waals surface area contributed by atoms with Crippen LogP contribution in [0.2, 0.25) is 0 Å². The van der Waals surface area contributed by atoms with E-state index in [1.165, 1.54) is 11.9 Å². The summed E-state index contributed by atoms with van der Waals surface area (Å²) in [5.74, 6) is 2.62. The normalized spacial score (nSPS) is 11.0. The molecule has 0 aliphatic rings. The van der Waals surface area contributed by atoms with Crippen LogP contribution in [0, 0.1) is 13.8 Å². The maximum Gasteiger partial charge on any atom is 0.227 e. The Kier molecular flexibility index (Phi) is 5.97. The van der Waals surface area contributed by atoms with Gasteiger partial charge in [-0.2, -0.15) is 14.6 Å². The van der Waals surface area contributed by atoms with Crippen LogP contribution in [0.15, 0.2) is 47.4 Å². The fourth-order valence-electron chi connectivity index (χ4n) is 3.46. The van der Waals surface area contributed by atoms with Gasteiger partial charge in [-0.05, 0) is 61.2 Å². The molecule has 160 valence electrons. The summed E-state index contributed by atoms with van der Waals surface area (Å²) < 4.78 is 12.6. The monoisotopic (exact) mass is 436 g/mol. The third-order valence-corrected chi connectivity index (χ3v) is 5.50. The Morgan fingerprint density at radius 1 is 1.00 bits per heavy atom. The molecule has 0 radical (unpaired) electrons. The number of aromatic nitrogens is 4. The van der Waals surface area contributed by atoms with E-state index in [0.717, 1.165) is 32.9 Å². The Morgan fingerprint density at radius 3 is 2.42 bits per heavy atom. The number of ether oxygens (including phenoxy) is 2. The molecule has 0 saturated heterocycles. The predicted octanol–water partition coefficient (Wildman–Crippen LogP) is 4.00. The standard InChI is InChI=1S/C22H24N6O2S/c1-13-20(16-7-10-18(29-3)19(11-16)30-4)21-25-14(2)26-22(28(21)27-13)24-12-15-5-8-17(31-23)9-6-15/h5-11H,12,23H2,1-4H3,(H,24,25,26). The van der Waals surface area contributed by atoms with Crippen LogP contribution in [0.3, 0.4) is 0 Å². The molecule has 0 saturated carbocycles. The van der Waals surface area contributed by atoms with E-state index in [0.29, 0.717) is 29.8 Å². The van der Waals surface area contributed by atoms with E-state index < -0.39 is 0 Å². The molecule has 0 aliphatic heterocycles. The fourth-order valence-corrected chi connectivity index (χ4v) is 3.75. The molecule has 0 amide bonds. The number of benzene rings is 2. The van der Waals surface area contributed by atoms with Crippen molar-refractivity contribution >= 4 is 23.5 Å². The van der Waals surface area contributed by atoms with Gasteiger partial charge in [-0.15, -0.1) is 0 Å². The van der Waals surface area contributed by atoms with Gasteiger partial charge in [-0.1, -0.05) is 18.2 Å². The zero-order valence-electron chi connectivity index (χ0n) is 17.8. The second kappa shape index (κ2) is 8.83. The van der Waals surface area contributed by atoms with E-state index >= 15 is 0 Å². The van der Waals surface area contributed by atoms with E-state index in [4.69, 9.17) is 19.7 Å². The Morgan fingerprint density at radius 2 is 1.74 bits per heavy atom. The van der Waals surface area contributed by atoms with E-state index in [1.807, 2.05) is 56.3 Å². The van der Waals surface area contributed by atoms with E-state index in [9.17, 15) is 0 Å². The lowest BCUT2D eigenvalue weighted by Gasteiger charge is -2.10. The summed E-state index contributed by atoms with van der Waals surface area (Å²) in [6.45, 7) is 4.44. The molecule has 2 aromatic heterocycles. The molecular weight excluding hydrogens is 412 g/mol. The average Bonchev–Trinajstić information content (AvgIpc) is 3.12. The summed E-state index contributed by atoms with van der Waals surface area (Å²) in [6.07, 6.45) is 0. The maximum absolute atomic E-state index is 5.60. The summed E-state index contributed by atoms with van der Waals surface area (Å²) >= 11 is 1.23.